The highest BCUT2D eigenvalue weighted by Gasteiger charge is 2.39. The molecule has 3 aromatic carbocycles. The zero-order valence-electron chi connectivity index (χ0n) is 17.2. The molecule has 1 aromatic heterocycles. The summed E-state index contributed by atoms with van der Waals surface area (Å²) in [5, 5.41) is -0.980. The molecule has 1 unspecified atom stereocenters. The number of sulfone groups is 1. The van der Waals surface area contributed by atoms with E-state index in [-0.39, 0.29) is 10.8 Å². The van der Waals surface area contributed by atoms with Crippen molar-refractivity contribution in [1.29, 1.82) is 0 Å². The predicted octanol–water partition coefficient (Wildman–Crippen LogP) is 6.09. The summed E-state index contributed by atoms with van der Waals surface area (Å²) in [6.45, 7) is 1.94. The second-order valence-corrected chi connectivity index (χ2v) is 10.1. The van der Waals surface area contributed by atoms with Crippen molar-refractivity contribution in [1.82, 2.24) is 4.98 Å². The van der Waals surface area contributed by atoms with Crippen LogP contribution in [0.2, 0.25) is 0 Å². The molecule has 1 heterocycles. The summed E-state index contributed by atoms with van der Waals surface area (Å²) in [6.07, 6.45) is 2.05. The Hall–Kier alpha value is -3.18. The van der Waals surface area contributed by atoms with E-state index in [0.29, 0.717) is 22.9 Å². The monoisotopic (exact) mass is 429 g/mol. The van der Waals surface area contributed by atoms with Crippen molar-refractivity contribution < 1.29 is 12.8 Å². The number of hydrogen-bond acceptors (Lipinski definition) is 4. The lowest BCUT2D eigenvalue weighted by atomic mass is 10.0. The van der Waals surface area contributed by atoms with Gasteiger partial charge in [0, 0.05) is 11.5 Å². The largest absolute Gasteiger partial charge is 0.443 e. The topological polar surface area (TPSA) is 60.2 Å². The average Bonchev–Trinajstić information content (AvgIpc) is 3.55. The van der Waals surface area contributed by atoms with Crippen molar-refractivity contribution in [3.63, 3.8) is 0 Å². The van der Waals surface area contributed by atoms with E-state index in [9.17, 15) is 8.42 Å². The van der Waals surface area contributed by atoms with Gasteiger partial charge in [0.25, 0.3) is 0 Å². The number of oxazole rings is 1. The van der Waals surface area contributed by atoms with Crippen LogP contribution in [-0.4, -0.2) is 13.4 Å². The van der Waals surface area contributed by atoms with E-state index < -0.39 is 15.1 Å². The lowest BCUT2D eigenvalue weighted by molar-refractivity contribution is 0.456. The van der Waals surface area contributed by atoms with Gasteiger partial charge in [0.1, 0.15) is 5.69 Å². The molecule has 31 heavy (non-hydrogen) atoms. The maximum absolute atomic E-state index is 13.9. The maximum atomic E-state index is 13.9. The van der Waals surface area contributed by atoms with Gasteiger partial charge in [-0.25, -0.2) is 13.4 Å². The number of nitrogens with zero attached hydrogens (tertiary/aromatic N) is 1. The highest BCUT2D eigenvalue weighted by molar-refractivity contribution is 7.91. The first-order valence-electron chi connectivity index (χ1n) is 10.5. The van der Waals surface area contributed by atoms with Crippen LogP contribution in [0.4, 0.5) is 0 Å². The first-order chi connectivity index (χ1) is 15.0. The van der Waals surface area contributed by atoms with Crippen LogP contribution in [0.5, 0.6) is 0 Å². The van der Waals surface area contributed by atoms with Crippen LogP contribution >= 0.6 is 0 Å². The summed E-state index contributed by atoms with van der Waals surface area (Å²) in [6, 6.07) is 25.9. The number of benzene rings is 3. The fraction of sp³-hybridized carbons (Fsp3) is 0.192. The predicted molar refractivity (Wildman–Crippen MR) is 121 cm³/mol. The van der Waals surface area contributed by atoms with E-state index >= 15 is 0 Å². The van der Waals surface area contributed by atoms with E-state index in [2.05, 4.69) is 0 Å². The van der Waals surface area contributed by atoms with Gasteiger partial charge in [0.05, 0.1) is 4.90 Å². The highest BCUT2D eigenvalue weighted by Crippen LogP contribution is 2.45. The van der Waals surface area contributed by atoms with Crippen molar-refractivity contribution >= 4 is 9.84 Å². The number of hydrogen-bond donors (Lipinski definition) is 0. The molecule has 4 aromatic rings. The highest BCUT2D eigenvalue weighted by atomic mass is 32.2. The van der Waals surface area contributed by atoms with Crippen LogP contribution < -0.4 is 0 Å². The van der Waals surface area contributed by atoms with Gasteiger partial charge in [-0.05, 0) is 37.5 Å². The van der Waals surface area contributed by atoms with Crippen LogP contribution in [0.15, 0.2) is 94.2 Å². The molecule has 5 heteroatoms. The smallest absolute Gasteiger partial charge is 0.198 e. The van der Waals surface area contributed by atoms with Gasteiger partial charge in [-0.3, -0.25) is 0 Å². The molecule has 5 rings (SSSR count). The Morgan fingerprint density at radius 2 is 1.48 bits per heavy atom. The Balaban J connectivity index is 1.74. The normalized spacial score (nSPS) is 15.0. The summed E-state index contributed by atoms with van der Waals surface area (Å²) in [5.41, 5.74) is 3.13. The van der Waals surface area contributed by atoms with Crippen molar-refractivity contribution in [2.45, 2.75) is 35.8 Å². The molecule has 0 radical (unpaired) electrons. The van der Waals surface area contributed by atoms with E-state index in [1.54, 1.807) is 12.1 Å². The number of aromatic nitrogens is 1. The van der Waals surface area contributed by atoms with Crippen LogP contribution in [0.3, 0.4) is 0 Å². The second-order valence-electron chi connectivity index (χ2n) is 8.05. The van der Waals surface area contributed by atoms with Gasteiger partial charge >= 0.3 is 0 Å². The molecule has 0 aliphatic heterocycles. The first kappa shape index (κ1) is 19.8. The maximum Gasteiger partial charge on any atom is 0.198 e. The average molecular weight is 430 g/mol. The molecule has 4 nitrogen and oxygen atoms in total. The Kier molecular flexibility index (Phi) is 4.98. The lowest BCUT2D eigenvalue weighted by Gasteiger charge is -2.18. The molecule has 0 spiro atoms. The molecule has 0 amide bonds. The van der Waals surface area contributed by atoms with Gasteiger partial charge in [-0.2, -0.15) is 0 Å². The summed E-state index contributed by atoms with van der Waals surface area (Å²) < 4.78 is 34.1. The molecule has 156 valence electrons. The van der Waals surface area contributed by atoms with E-state index in [1.807, 2.05) is 79.7 Å². The third-order valence-electron chi connectivity index (χ3n) is 5.64. The van der Waals surface area contributed by atoms with E-state index in [0.717, 1.165) is 24.0 Å². The minimum absolute atomic E-state index is 0.273. The van der Waals surface area contributed by atoms with Gasteiger partial charge < -0.3 is 4.42 Å². The summed E-state index contributed by atoms with van der Waals surface area (Å²) in [4.78, 5) is 5.05. The summed E-state index contributed by atoms with van der Waals surface area (Å²) >= 11 is 0. The standard InChI is InChI=1S/C26H23NO3S/c1-18-12-16-22(17-13-18)31(28,29)25(20-10-6-3-7-11-20)24-23(19-8-4-2-5-9-19)27-26(30-24)21-14-15-21/h2-13,16-17,21,25H,14-15H2,1H3. The fourth-order valence-electron chi connectivity index (χ4n) is 3.80. The third-order valence-corrected chi connectivity index (χ3v) is 7.68. The summed E-state index contributed by atoms with van der Waals surface area (Å²) in [7, 11) is -3.78. The Morgan fingerprint density at radius 1 is 0.871 bits per heavy atom. The fourth-order valence-corrected chi connectivity index (χ4v) is 5.54. The van der Waals surface area contributed by atoms with Gasteiger partial charge in [0.2, 0.25) is 0 Å². The van der Waals surface area contributed by atoms with Crippen LogP contribution in [0.1, 0.15) is 46.8 Å². The molecule has 1 atom stereocenters. The van der Waals surface area contributed by atoms with Crippen molar-refractivity contribution in [3.05, 3.63) is 108 Å². The number of rotatable bonds is 6. The molecule has 0 N–H and O–H groups in total. The van der Waals surface area contributed by atoms with Gasteiger partial charge in [0.15, 0.2) is 26.7 Å². The molecule has 0 saturated heterocycles. The molecular weight excluding hydrogens is 406 g/mol. The van der Waals surface area contributed by atoms with Crippen LogP contribution in [0.25, 0.3) is 11.3 Å². The van der Waals surface area contributed by atoms with E-state index in [4.69, 9.17) is 9.40 Å². The Morgan fingerprint density at radius 3 is 2.10 bits per heavy atom. The lowest BCUT2D eigenvalue weighted by Crippen LogP contribution is -2.15. The van der Waals surface area contributed by atoms with Gasteiger partial charge in [-0.1, -0.05) is 78.4 Å². The van der Waals surface area contributed by atoms with Crippen molar-refractivity contribution in [3.8, 4) is 11.3 Å². The zero-order valence-corrected chi connectivity index (χ0v) is 18.0. The molecule has 1 saturated carbocycles. The Labute approximate surface area is 182 Å². The second kappa shape index (κ2) is 7.82. The minimum atomic E-state index is -3.78. The van der Waals surface area contributed by atoms with E-state index in [1.165, 1.54) is 0 Å². The molecule has 0 bridgehead atoms. The SMILES string of the molecule is Cc1ccc(S(=O)(=O)C(c2ccccc2)c2oc(C3CC3)nc2-c2ccccc2)cc1. The molecular formula is C26H23NO3S. The quantitative estimate of drug-likeness (QED) is 0.372. The minimum Gasteiger partial charge on any atom is -0.443 e. The van der Waals surface area contributed by atoms with Crippen molar-refractivity contribution in [2.75, 3.05) is 0 Å². The molecule has 1 aliphatic carbocycles. The van der Waals surface area contributed by atoms with Gasteiger partial charge in [-0.15, -0.1) is 0 Å². The first-order valence-corrected chi connectivity index (χ1v) is 12.0. The number of aryl methyl sites for hydroxylation is 1. The van der Waals surface area contributed by atoms with Crippen LogP contribution in [-0.2, 0) is 9.84 Å². The zero-order chi connectivity index (χ0) is 21.4. The third kappa shape index (κ3) is 3.81. The summed E-state index contributed by atoms with van der Waals surface area (Å²) in [5.74, 6) is 1.29. The van der Waals surface area contributed by atoms with Crippen LogP contribution in [0, 0.1) is 6.92 Å². The van der Waals surface area contributed by atoms with Crippen molar-refractivity contribution in [2.24, 2.45) is 0 Å². The Bertz CT molecular complexity index is 1290. The molecule has 1 aliphatic rings. The molecule has 1 fully saturated rings.